The Bertz CT molecular complexity index is 599. The second-order valence-corrected chi connectivity index (χ2v) is 7.31. The average molecular weight is 375 g/mol. The Morgan fingerprint density at radius 3 is 2.72 bits per heavy atom. The number of fused-ring (bicyclic) bond motifs is 1. The third-order valence-electron chi connectivity index (χ3n) is 3.97. The second-order valence-electron chi connectivity index (χ2n) is 5.40. The fraction of sp³-hybridized carbons (Fsp3) is 0.500. The molecule has 1 aromatic carbocycles. The normalized spacial score (nSPS) is 19.8. The third-order valence-corrected chi connectivity index (χ3v) is 4.83. The zero-order valence-corrected chi connectivity index (χ0v) is 13.5. The Morgan fingerprint density at radius 1 is 1.44 bits per heavy atom. The van der Waals surface area contributed by atoms with Gasteiger partial charge in [0.15, 0.2) is 0 Å². The first-order valence-corrected chi connectivity index (χ1v) is 7.85. The summed E-state index contributed by atoms with van der Waals surface area (Å²) in [4.78, 5) is 4.75. The molecule has 2 aromatic rings. The van der Waals surface area contributed by atoms with E-state index in [2.05, 4.69) is 52.3 Å². The minimum atomic E-state index is -0.0486. The van der Waals surface area contributed by atoms with E-state index in [1.807, 2.05) is 6.92 Å². The third kappa shape index (κ3) is 1.86. The maximum absolute atomic E-state index is 6.32. The van der Waals surface area contributed by atoms with Crippen LogP contribution >= 0.6 is 34.2 Å². The molecule has 1 heterocycles. The molecule has 1 atom stereocenters. The minimum Gasteiger partial charge on any atom is -0.321 e. The number of hydrogen-bond acceptors (Lipinski definition) is 1. The van der Waals surface area contributed by atoms with Crippen molar-refractivity contribution in [1.29, 1.82) is 0 Å². The van der Waals surface area contributed by atoms with E-state index in [0.29, 0.717) is 0 Å². The van der Waals surface area contributed by atoms with E-state index >= 15 is 0 Å². The topological polar surface area (TPSA) is 17.8 Å². The molecule has 0 spiro atoms. The fourth-order valence-electron chi connectivity index (χ4n) is 2.82. The predicted octanol–water partition coefficient (Wildman–Crippen LogP) is 4.84. The number of rotatable bonds is 2. The molecule has 0 amide bonds. The van der Waals surface area contributed by atoms with E-state index in [4.69, 9.17) is 16.6 Å². The molecular formula is C14H16ClIN2. The van der Waals surface area contributed by atoms with Crippen LogP contribution in [0.5, 0.6) is 0 Å². The van der Waals surface area contributed by atoms with Crippen molar-refractivity contribution in [3.63, 3.8) is 0 Å². The summed E-state index contributed by atoms with van der Waals surface area (Å²) in [5, 5.41) is -0.0486. The molecule has 2 nitrogen and oxygen atoms in total. The number of aromatic nitrogens is 2. The molecule has 1 fully saturated rings. The van der Waals surface area contributed by atoms with Crippen LogP contribution in [0.3, 0.4) is 0 Å². The zero-order chi connectivity index (χ0) is 12.9. The number of hydrogen-bond donors (Lipinski definition) is 0. The van der Waals surface area contributed by atoms with Crippen molar-refractivity contribution in [2.75, 3.05) is 0 Å². The molecule has 1 aromatic heterocycles. The quantitative estimate of drug-likeness (QED) is 0.543. The van der Waals surface area contributed by atoms with E-state index < -0.39 is 0 Å². The Labute approximate surface area is 126 Å². The second kappa shape index (κ2) is 4.37. The Balaban J connectivity index is 2.28. The first kappa shape index (κ1) is 12.7. The number of imidazole rings is 1. The standard InChI is InChI=1S/C14H16ClIN2/c1-9(15)13-17-11-8-10(16)4-5-12(11)18(13)14(2)6-3-7-14/h4-5,8-9H,3,6-7H2,1-2H3. The first-order valence-electron chi connectivity index (χ1n) is 6.34. The monoisotopic (exact) mass is 374 g/mol. The molecule has 18 heavy (non-hydrogen) atoms. The summed E-state index contributed by atoms with van der Waals surface area (Å²) in [7, 11) is 0. The highest BCUT2D eigenvalue weighted by Crippen LogP contribution is 2.43. The van der Waals surface area contributed by atoms with Gasteiger partial charge in [0.25, 0.3) is 0 Å². The molecule has 1 aliphatic rings. The maximum Gasteiger partial charge on any atom is 0.128 e. The highest BCUT2D eigenvalue weighted by molar-refractivity contribution is 14.1. The summed E-state index contributed by atoms with van der Waals surface area (Å²) >= 11 is 8.65. The molecule has 0 N–H and O–H groups in total. The van der Waals surface area contributed by atoms with Gasteiger partial charge in [-0.25, -0.2) is 4.98 Å². The molecule has 3 rings (SSSR count). The van der Waals surface area contributed by atoms with Gasteiger partial charge in [0.05, 0.1) is 16.4 Å². The van der Waals surface area contributed by atoms with Crippen molar-refractivity contribution in [3.05, 3.63) is 27.6 Å². The van der Waals surface area contributed by atoms with Gasteiger partial charge in [-0.05, 0) is 73.9 Å². The summed E-state index contributed by atoms with van der Waals surface area (Å²) in [6.07, 6.45) is 3.75. The van der Waals surface area contributed by atoms with Crippen LogP contribution in [0.1, 0.15) is 44.3 Å². The smallest absolute Gasteiger partial charge is 0.128 e. The van der Waals surface area contributed by atoms with Crippen molar-refractivity contribution < 1.29 is 0 Å². The molecule has 0 radical (unpaired) electrons. The molecular weight excluding hydrogens is 359 g/mol. The van der Waals surface area contributed by atoms with Gasteiger partial charge >= 0.3 is 0 Å². The van der Waals surface area contributed by atoms with Gasteiger partial charge < -0.3 is 4.57 Å². The molecule has 0 saturated heterocycles. The highest BCUT2D eigenvalue weighted by atomic mass is 127. The van der Waals surface area contributed by atoms with E-state index in [1.165, 1.54) is 28.3 Å². The van der Waals surface area contributed by atoms with Crippen molar-refractivity contribution in [1.82, 2.24) is 9.55 Å². The molecule has 4 heteroatoms. The van der Waals surface area contributed by atoms with Gasteiger partial charge in [-0.2, -0.15) is 0 Å². The lowest BCUT2D eigenvalue weighted by atomic mass is 9.78. The van der Waals surface area contributed by atoms with E-state index in [9.17, 15) is 0 Å². The van der Waals surface area contributed by atoms with E-state index in [-0.39, 0.29) is 10.9 Å². The number of nitrogens with zero attached hydrogens (tertiary/aromatic N) is 2. The Morgan fingerprint density at radius 2 is 2.17 bits per heavy atom. The highest BCUT2D eigenvalue weighted by Gasteiger charge is 2.37. The van der Waals surface area contributed by atoms with Gasteiger partial charge in [-0.15, -0.1) is 11.6 Å². The van der Waals surface area contributed by atoms with E-state index in [0.717, 1.165) is 11.3 Å². The van der Waals surface area contributed by atoms with Crippen LogP contribution < -0.4 is 0 Å². The zero-order valence-electron chi connectivity index (χ0n) is 10.6. The van der Waals surface area contributed by atoms with Gasteiger partial charge in [0.1, 0.15) is 5.82 Å². The Kier molecular flexibility index (Phi) is 3.09. The molecule has 0 aliphatic heterocycles. The predicted molar refractivity (Wildman–Crippen MR) is 84.2 cm³/mol. The van der Waals surface area contributed by atoms with Crippen LogP contribution in [0.15, 0.2) is 18.2 Å². The van der Waals surface area contributed by atoms with Crippen LogP contribution in [-0.4, -0.2) is 9.55 Å². The molecule has 0 bridgehead atoms. The number of alkyl halides is 1. The van der Waals surface area contributed by atoms with Crippen LogP contribution in [0, 0.1) is 3.57 Å². The van der Waals surface area contributed by atoms with Crippen molar-refractivity contribution in [3.8, 4) is 0 Å². The van der Waals surface area contributed by atoms with Crippen LogP contribution in [-0.2, 0) is 5.54 Å². The largest absolute Gasteiger partial charge is 0.321 e. The van der Waals surface area contributed by atoms with Gasteiger partial charge in [-0.1, -0.05) is 0 Å². The number of halogens is 2. The summed E-state index contributed by atoms with van der Waals surface area (Å²) in [5.41, 5.74) is 2.50. The maximum atomic E-state index is 6.32. The number of benzene rings is 1. The van der Waals surface area contributed by atoms with Crippen LogP contribution in [0.25, 0.3) is 11.0 Å². The average Bonchev–Trinajstić information content (AvgIpc) is 2.64. The summed E-state index contributed by atoms with van der Waals surface area (Å²) in [6.45, 7) is 4.32. The van der Waals surface area contributed by atoms with E-state index in [1.54, 1.807) is 0 Å². The summed E-state index contributed by atoms with van der Waals surface area (Å²) in [6, 6.07) is 6.46. The lowest BCUT2D eigenvalue weighted by Crippen LogP contribution is -2.38. The van der Waals surface area contributed by atoms with Crippen molar-refractivity contribution in [2.45, 2.75) is 44.0 Å². The summed E-state index contributed by atoms with van der Waals surface area (Å²) < 4.78 is 3.59. The van der Waals surface area contributed by atoms with Crippen LogP contribution in [0.2, 0.25) is 0 Å². The molecule has 1 saturated carbocycles. The molecule has 96 valence electrons. The van der Waals surface area contributed by atoms with Gasteiger partial charge in [0, 0.05) is 9.11 Å². The SMILES string of the molecule is CC(Cl)c1nc2cc(I)ccc2n1C1(C)CCC1. The van der Waals surface area contributed by atoms with Gasteiger partial charge in [-0.3, -0.25) is 0 Å². The minimum absolute atomic E-state index is 0.0486. The Hall–Kier alpha value is -0.290. The molecule has 1 unspecified atom stereocenters. The summed E-state index contributed by atoms with van der Waals surface area (Å²) in [5.74, 6) is 1.01. The van der Waals surface area contributed by atoms with Crippen LogP contribution in [0.4, 0.5) is 0 Å². The fourth-order valence-corrected chi connectivity index (χ4v) is 3.44. The lowest BCUT2D eigenvalue weighted by molar-refractivity contribution is 0.169. The van der Waals surface area contributed by atoms with Crippen molar-refractivity contribution >= 4 is 45.2 Å². The lowest BCUT2D eigenvalue weighted by Gasteiger charge is -2.41. The van der Waals surface area contributed by atoms with Gasteiger partial charge in [0.2, 0.25) is 0 Å². The first-order chi connectivity index (χ1) is 8.51. The van der Waals surface area contributed by atoms with Crippen molar-refractivity contribution in [2.24, 2.45) is 0 Å². The molecule has 1 aliphatic carbocycles.